The minimum absolute atomic E-state index is 0.347. The van der Waals surface area contributed by atoms with Gasteiger partial charge in [0.05, 0.1) is 7.11 Å². The highest BCUT2D eigenvalue weighted by molar-refractivity contribution is 5.92. The van der Waals surface area contributed by atoms with E-state index in [1.807, 2.05) is 6.07 Å². The van der Waals surface area contributed by atoms with Gasteiger partial charge in [0.2, 0.25) is 5.91 Å². The van der Waals surface area contributed by atoms with Gasteiger partial charge in [0.1, 0.15) is 18.1 Å². The Morgan fingerprint density at radius 2 is 1.85 bits per heavy atom. The van der Waals surface area contributed by atoms with Crippen LogP contribution in [0.15, 0.2) is 42.5 Å². The number of hydrogen-bond acceptors (Lipinski definition) is 4. The van der Waals surface area contributed by atoms with Crippen molar-refractivity contribution >= 4 is 11.6 Å². The molecule has 5 nitrogen and oxygen atoms in total. The smallest absolute Gasteiger partial charge is 0.248 e. The van der Waals surface area contributed by atoms with Gasteiger partial charge in [-0.15, -0.1) is 0 Å². The van der Waals surface area contributed by atoms with E-state index in [1.165, 1.54) is 0 Å². The molecule has 2 aromatic carbocycles. The molecule has 5 heteroatoms. The number of anilines is 1. The summed E-state index contributed by atoms with van der Waals surface area (Å²) in [7, 11) is 1.58. The van der Waals surface area contributed by atoms with E-state index >= 15 is 0 Å². The van der Waals surface area contributed by atoms with Crippen molar-refractivity contribution in [2.75, 3.05) is 12.8 Å². The highest BCUT2D eigenvalue weighted by Gasteiger charge is 2.05. The van der Waals surface area contributed by atoms with Crippen LogP contribution in [-0.2, 0) is 6.61 Å². The summed E-state index contributed by atoms with van der Waals surface area (Å²) in [6, 6.07) is 12.0. The highest BCUT2D eigenvalue weighted by Crippen LogP contribution is 2.23. The van der Waals surface area contributed by atoms with Gasteiger partial charge in [-0.2, -0.15) is 0 Å². The lowest BCUT2D eigenvalue weighted by Gasteiger charge is -2.11. The summed E-state index contributed by atoms with van der Waals surface area (Å²) in [5.74, 6) is 0.865. The zero-order chi connectivity index (χ0) is 14.5. The predicted octanol–water partition coefficient (Wildman–Crippen LogP) is 1.96. The normalized spacial score (nSPS) is 10.1. The molecule has 4 N–H and O–H groups in total. The number of benzene rings is 2. The predicted molar refractivity (Wildman–Crippen MR) is 76.7 cm³/mol. The lowest BCUT2D eigenvalue weighted by molar-refractivity contribution is 0.100. The molecular formula is C15H16N2O3. The number of rotatable bonds is 5. The number of ether oxygens (including phenoxy) is 2. The number of carbonyl (C=O) groups is 1. The van der Waals surface area contributed by atoms with Crippen molar-refractivity contribution in [3.63, 3.8) is 0 Å². The minimum atomic E-state index is -0.461. The molecule has 104 valence electrons. The maximum absolute atomic E-state index is 11.0. The lowest BCUT2D eigenvalue weighted by atomic mass is 10.2. The standard InChI is InChI=1S/C15H16N2O3/c1-19-14-8-12(16)5-2-11(14)9-20-13-6-3-10(4-7-13)15(17)18/h2-8H,9,16H2,1H3,(H2,17,18). The quantitative estimate of drug-likeness (QED) is 0.814. The van der Waals surface area contributed by atoms with E-state index in [9.17, 15) is 4.79 Å². The van der Waals surface area contributed by atoms with Crippen molar-refractivity contribution in [1.29, 1.82) is 0 Å². The number of amides is 1. The van der Waals surface area contributed by atoms with E-state index in [2.05, 4.69) is 0 Å². The largest absolute Gasteiger partial charge is 0.496 e. The number of methoxy groups -OCH3 is 1. The van der Waals surface area contributed by atoms with Crippen molar-refractivity contribution in [1.82, 2.24) is 0 Å². The number of nitrogen functional groups attached to an aromatic ring is 1. The molecule has 2 rings (SSSR count). The van der Waals surface area contributed by atoms with Gasteiger partial charge < -0.3 is 20.9 Å². The third kappa shape index (κ3) is 3.20. The Morgan fingerprint density at radius 3 is 2.45 bits per heavy atom. The zero-order valence-corrected chi connectivity index (χ0v) is 11.1. The van der Waals surface area contributed by atoms with Crippen LogP contribution >= 0.6 is 0 Å². The third-order valence-corrected chi connectivity index (χ3v) is 2.84. The Bertz CT molecular complexity index is 609. The fourth-order valence-corrected chi connectivity index (χ4v) is 1.76. The molecule has 0 unspecified atom stereocenters. The Labute approximate surface area is 117 Å². The van der Waals surface area contributed by atoms with Crippen LogP contribution in [-0.4, -0.2) is 13.0 Å². The van der Waals surface area contributed by atoms with Gasteiger partial charge in [-0.05, 0) is 36.4 Å². The summed E-state index contributed by atoms with van der Waals surface area (Å²) in [5, 5.41) is 0. The summed E-state index contributed by atoms with van der Waals surface area (Å²) in [6.45, 7) is 0.347. The molecule has 1 amide bonds. The molecule has 0 bridgehead atoms. The first kappa shape index (κ1) is 13.7. The van der Waals surface area contributed by atoms with Crippen molar-refractivity contribution in [3.8, 4) is 11.5 Å². The molecule has 0 aromatic heterocycles. The van der Waals surface area contributed by atoms with E-state index in [-0.39, 0.29) is 0 Å². The van der Waals surface area contributed by atoms with Gasteiger partial charge in [0, 0.05) is 22.9 Å². The van der Waals surface area contributed by atoms with Crippen LogP contribution in [0.3, 0.4) is 0 Å². The van der Waals surface area contributed by atoms with Crippen LogP contribution in [0.25, 0.3) is 0 Å². The number of nitrogens with two attached hydrogens (primary N) is 2. The van der Waals surface area contributed by atoms with Crippen LogP contribution in [0.4, 0.5) is 5.69 Å². The van der Waals surface area contributed by atoms with Gasteiger partial charge in [0.25, 0.3) is 0 Å². The zero-order valence-electron chi connectivity index (χ0n) is 11.1. The van der Waals surface area contributed by atoms with Gasteiger partial charge >= 0.3 is 0 Å². The fourth-order valence-electron chi connectivity index (χ4n) is 1.76. The van der Waals surface area contributed by atoms with Crippen LogP contribution in [0.5, 0.6) is 11.5 Å². The Balaban J connectivity index is 2.06. The molecule has 0 heterocycles. The summed E-state index contributed by atoms with van der Waals surface area (Å²) >= 11 is 0. The molecular weight excluding hydrogens is 256 g/mol. The van der Waals surface area contributed by atoms with Gasteiger partial charge in [0.15, 0.2) is 0 Å². The lowest BCUT2D eigenvalue weighted by Crippen LogP contribution is -2.10. The molecule has 0 saturated carbocycles. The molecule has 0 aliphatic rings. The van der Waals surface area contributed by atoms with E-state index < -0.39 is 5.91 Å². The average Bonchev–Trinajstić information content (AvgIpc) is 2.46. The molecule has 20 heavy (non-hydrogen) atoms. The molecule has 2 aromatic rings. The Hall–Kier alpha value is -2.69. The molecule has 0 saturated heterocycles. The number of primary amides is 1. The topological polar surface area (TPSA) is 87.6 Å². The summed E-state index contributed by atoms with van der Waals surface area (Å²) < 4.78 is 10.9. The first-order valence-corrected chi connectivity index (χ1v) is 6.05. The van der Waals surface area contributed by atoms with Crippen molar-refractivity contribution in [2.45, 2.75) is 6.61 Å². The molecule has 0 atom stereocenters. The average molecular weight is 272 g/mol. The highest BCUT2D eigenvalue weighted by atomic mass is 16.5. The van der Waals surface area contributed by atoms with E-state index in [0.717, 1.165) is 5.56 Å². The molecule has 0 spiro atoms. The monoisotopic (exact) mass is 272 g/mol. The maximum Gasteiger partial charge on any atom is 0.248 e. The minimum Gasteiger partial charge on any atom is -0.496 e. The van der Waals surface area contributed by atoms with Crippen LogP contribution in [0.2, 0.25) is 0 Å². The summed E-state index contributed by atoms with van der Waals surface area (Å²) in [6.07, 6.45) is 0. The molecule has 0 aliphatic heterocycles. The first-order chi connectivity index (χ1) is 9.60. The van der Waals surface area contributed by atoms with Gasteiger partial charge in [-0.1, -0.05) is 0 Å². The van der Waals surface area contributed by atoms with Crippen LogP contribution in [0, 0.1) is 0 Å². The van der Waals surface area contributed by atoms with E-state index in [0.29, 0.717) is 29.4 Å². The van der Waals surface area contributed by atoms with Gasteiger partial charge in [-0.3, -0.25) is 4.79 Å². The van der Waals surface area contributed by atoms with E-state index in [4.69, 9.17) is 20.9 Å². The van der Waals surface area contributed by atoms with Crippen LogP contribution < -0.4 is 20.9 Å². The summed E-state index contributed by atoms with van der Waals surface area (Å²) in [5.41, 5.74) is 12.8. The first-order valence-electron chi connectivity index (χ1n) is 6.05. The van der Waals surface area contributed by atoms with Crippen molar-refractivity contribution in [2.24, 2.45) is 5.73 Å². The third-order valence-electron chi connectivity index (χ3n) is 2.84. The van der Waals surface area contributed by atoms with Gasteiger partial charge in [-0.25, -0.2) is 0 Å². The van der Waals surface area contributed by atoms with Crippen molar-refractivity contribution in [3.05, 3.63) is 53.6 Å². The maximum atomic E-state index is 11.0. The second-order valence-corrected chi connectivity index (χ2v) is 4.25. The van der Waals surface area contributed by atoms with E-state index in [1.54, 1.807) is 43.5 Å². The molecule has 0 aliphatic carbocycles. The molecule has 0 radical (unpaired) electrons. The summed E-state index contributed by atoms with van der Waals surface area (Å²) in [4.78, 5) is 11.0. The molecule has 0 fully saturated rings. The second kappa shape index (κ2) is 5.97. The number of hydrogen-bond donors (Lipinski definition) is 2. The fraction of sp³-hybridized carbons (Fsp3) is 0.133. The SMILES string of the molecule is COc1cc(N)ccc1COc1ccc(C(N)=O)cc1. The Kier molecular flexibility index (Phi) is 4.10. The van der Waals surface area contributed by atoms with Crippen molar-refractivity contribution < 1.29 is 14.3 Å². The second-order valence-electron chi connectivity index (χ2n) is 4.25. The Morgan fingerprint density at radius 1 is 1.15 bits per heavy atom. The number of carbonyl (C=O) groups excluding carboxylic acids is 1. The van der Waals surface area contributed by atoms with Crippen LogP contribution in [0.1, 0.15) is 15.9 Å².